The Kier molecular flexibility index (Phi) is 6.19. The number of aryl methyl sites for hydroxylation is 2. The summed E-state index contributed by atoms with van der Waals surface area (Å²) in [6.07, 6.45) is 0.925. The highest BCUT2D eigenvalue weighted by Gasteiger charge is 2.18. The van der Waals surface area contributed by atoms with E-state index in [4.69, 9.17) is 4.98 Å². The molecule has 0 saturated carbocycles. The highest BCUT2D eigenvalue weighted by Crippen LogP contribution is 2.23. The number of rotatable bonds is 7. The lowest BCUT2D eigenvalue weighted by molar-refractivity contribution is -0.121. The van der Waals surface area contributed by atoms with Crippen LogP contribution in [0.25, 0.3) is 16.6 Å². The first-order valence-electron chi connectivity index (χ1n) is 10.8. The molecule has 4 aromatic rings. The minimum Gasteiger partial charge on any atom is -0.354 e. The Labute approximate surface area is 187 Å². The van der Waals surface area contributed by atoms with Gasteiger partial charge in [0.15, 0.2) is 5.65 Å². The number of hydrogen-bond donors (Lipinski definition) is 1. The third kappa shape index (κ3) is 4.34. The molecule has 1 N–H and O–H groups in total. The van der Waals surface area contributed by atoms with Crippen LogP contribution in [0.2, 0.25) is 0 Å². The SMILES string of the molecule is Cc1nc2c3ccccc3nn2c(C)c1CCC(=O)NC[C@H](c1cccc(F)c1)N(C)C. The van der Waals surface area contributed by atoms with E-state index in [-0.39, 0.29) is 17.8 Å². The van der Waals surface area contributed by atoms with Crippen LogP contribution in [0.15, 0.2) is 48.5 Å². The molecule has 7 heteroatoms. The van der Waals surface area contributed by atoms with E-state index in [0.717, 1.165) is 39.1 Å². The summed E-state index contributed by atoms with van der Waals surface area (Å²) in [6.45, 7) is 4.41. The number of fused-ring (bicyclic) bond motifs is 3. The van der Waals surface area contributed by atoms with Crippen LogP contribution < -0.4 is 5.32 Å². The molecule has 2 heterocycles. The van der Waals surface area contributed by atoms with Crippen LogP contribution in [0.3, 0.4) is 0 Å². The molecule has 0 spiro atoms. The summed E-state index contributed by atoms with van der Waals surface area (Å²) >= 11 is 0. The van der Waals surface area contributed by atoms with Gasteiger partial charge in [0.05, 0.1) is 11.6 Å². The molecule has 0 unspecified atom stereocenters. The quantitative estimate of drug-likeness (QED) is 0.479. The number of carbonyl (C=O) groups is 1. The molecule has 0 saturated heterocycles. The fourth-order valence-corrected chi connectivity index (χ4v) is 4.19. The molecule has 0 fully saturated rings. The van der Waals surface area contributed by atoms with Gasteiger partial charge in [-0.15, -0.1) is 0 Å². The van der Waals surface area contributed by atoms with Crippen molar-refractivity contribution in [2.45, 2.75) is 32.7 Å². The summed E-state index contributed by atoms with van der Waals surface area (Å²) in [5.74, 6) is -0.321. The smallest absolute Gasteiger partial charge is 0.220 e. The Balaban J connectivity index is 1.46. The summed E-state index contributed by atoms with van der Waals surface area (Å²) in [4.78, 5) is 19.4. The Hall–Kier alpha value is -3.32. The zero-order valence-electron chi connectivity index (χ0n) is 18.9. The van der Waals surface area contributed by atoms with Crippen molar-refractivity contribution in [2.75, 3.05) is 20.6 Å². The van der Waals surface area contributed by atoms with E-state index in [1.807, 2.05) is 67.7 Å². The summed E-state index contributed by atoms with van der Waals surface area (Å²) in [5.41, 5.74) is 5.54. The average molecular weight is 434 g/mol. The summed E-state index contributed by atoms with van der Waals surface area (Å²) in [6, 6.07) is 14.4. The lowest BCUT2D eigenvalue weighted by Crippen LogP contribution is -2.34. The summed E-state index contributed by atoms with van der Waals surface area (Å²) in [7, 11) is 3.84. The molecule has 1 atom stereocenters. The molecule has 0 bridgehead atoms. The maximum atomic E-state index is 13.6. The van der Waals surface area contributed by atoms with Crippen LogP contribution in [0, 0.1) is 19.7 Å². The Morgan fingerprint density at radius 3 is 2.69 bits per heavy atom. The lowest BCUT2D eigenvalue weighted by atomic mass is 10.0. The topological polar surface area (TPSA) is 62.5 Å². The van der Waals surface area contributed by atoms with Crippen molar-refractivity contribution in [1.29, 1.82) is 0 Å². The van der Waals surface area contributed by atoms with Gasteiger partial charge in [-0.3, -0.25) is 4.79 Å². The predicted molar refractivity (Wildman–Crippen MR) is 124 cm³/mol. The molecule has 0 aliphatic rings. The summed E-state index contributed by atoms with van der Waals surface area (Å²) < 4.78 is 15.5. The van der Waals surface area contributed by atoms with Crippen molar-refractivity contribution in [3.63, 3.8) is 0 Å². The van der Waals surface area contributed by atoms with Gasteiger partial charge in [-0.2, -0.15) is 5.10 Å². The maximum absolute atomic E-state index is 13.6. The minimum absolute atomic E-state index is 0.0437. The van der Waals surface area contributed by atoms with E-state index in [0.29, 0.717) is 19.4 Å². The van der Waals surface area contributed by atoms with Gasteiger partial charge in [0, 0.05) is 29.7 Å². The summed E-state index contributed by atoms with van der Waals surface area (Å²) in [5, 5.41) is 8.71. The molecule has 2 aromatic carbocycles. The van der Waals surface area contributed by atoms with Gasteiger partial charge in [-0.25, -0.2) is 13.9 Å². The van der Waals surface area contributed by atoms with Gasteiger partial charge < -0.3 is 10.2 Å². The number of hydrogen-bond acceptors (Lipinski definition) is 4. The van der Waals surface area contributed by atoms with Crippen molar-refractivity contribution in [3.05, 3.63) is 76.9 Å². The highest BCUT2D eigenvalue weighted by molar-refractivity contribution is 5.92. The molecule has 0 aliphatic carbocycles. The predicted octanol–water partition coefficient (Wildman–Crippen LogP) is 3.99. The van der Waals surface area contributed by atoms with Gasteiger partial charge >= 0.3 is 0 Å². The molecular weight excluding hydrogens is 405 g/mol. The Bertz CT molecular complexity index is 1280. The first-order chi connectivity index (χ1) is 15.3. The third-order valence-electron chi connectivity index (χ3n) is 5.97. The molecule has 2 aromatic heterocycles. The molecule has 6 nitrogen and oxygen atoms in total. The monoisotopic (exact) mass is 433 g/mol. The van der Waals surface area contributed by atoms with E-state index >= 15 is 0 Å². The molecule has 0 radical (unpaired) electrons. The lowest BCUT2D eigenvalue weighted by Gasteiger charge is -2.25. The van der Waals surface area contributed by atoms with Crippen LogP contribution in [0.1, 0.15) is 35.0 Å². The second kappa shape index (κ2) is 9.04. The van der Waals surface area contributed by atoms with Crippen LogP contribution in [0.4, 0.5) is 4.39 Å². The number of nitrogens with one attached hydrogen (secondary N) is 1. The van der Waals surface area contributed by atoms with Crippen molar-refractivity contribution in [1.82, 2.24) is 24.8 Å². The zero-order chi connectivity index (χ0) is 22.8. The number of likely N-dealkylation sites (N-methyl/N-ethyl adjacent to an activating group) is 1. The van der Waals surface area contributed by atoms with Crippen molar-refractivity contribution >= 4 is 22.5 Å². The molecule has 166 valence electrons. The van der Waals surface area contributed by atoms with Crippen molar-refractivity contribution < 1.29 is 9.18 Å². The van der Waals surface area contributed by atoms with Crippen molar-refractivity contribution in [2.24, 2.45) is 0 Å². The van der Waals surface area contributed by atoms with E-state index < -0.39 is 0 Å². The average Bonchev–Trinajstić information content (AvgIpc) is 3.12. The Morgan fingerprint density at radius 1 is 1.16 bits per heavy atom. The largest absolute Gasteiger partial charge is 0.354 e. The fraction of sp³-hybridized carbons (Fsp3) is 0.320. The van der Waals surface area contributed by atoms with Gasteiger partial charge in [0.25, 0.3) is 0 Å². The molecular formula is C25H28FN5O. The molecule has 32 heavy (non-hydrogen) atoms. The first-order valence-corrected chi connectivity index (χ1v) is 10.8. The second-order valence-electron chi connectivity index (χ2n) is 8.35. The van der Waals surface area contributed by atoms with Gasteiger partial charge in [-0.1, -0.05) is 24.3 Å². The normalized spacial score (nSPS) is 12.6. The van der Waals surface area contributed by atoms with Crippen LogP contribution in [-0.4, -0.2) is 46.0 Å². The molecule has 0 aliphatic heterocycles. The number of amides is 1. The van der Waals surface area contributed by atoms with Gasteiger partial charge in [-0.05, 0) is 69.8 Å². The number of aromatic nitrogens is 3. The van der Waals surface area contributed by atoms with Gasteiger partial charge in [0.1, 0.15) is 5.82 Å². The van der Waals surface area contributed by atoms with E-state index in [1.165, 1.54) is 12.1 Å². The number of halogens is 1. The van der Waals surface area contributed by atoms with E-state index in [2.05, 4.69) is 10.4 Å². The number of carbonyl (C=O) groups excluding carboxylic acids is 1. The highest BCUT2D eigenvalue weighted by atomic mass is 19.1. The standard InChI is InChI=1S/C25H28FN5O/c1-16-20(17(2)31-25(28-16)21-10-5-6-11-22(21)29-31)12-13-24(32)27-15-23(30(3)4)18-8-7-9-19(26)14-18/h5-11,14,23H,12-13,15H2,1-4H3,(H,27,32)/t23-/m1/s1. The van der Waals surface area contributed by atoms with E-state index in [9.17, 15) is 9.18 Å². The molecule has 4 rings (SSSR count). The maximum Gasteiger partial charge on any atom is 0.220 e. The second-order valence-corrected chi connectivity index (χ2v) is 8.35. The molecule has 1 amide bonds. The zero-order valence-corrected chi connectivity index (χ0v) is 18.9. The number of benzene rings is 2. The van der Waals surface area contributed by atoms with Crippen molar-refractivity contribution in [3.8, 4) is 0 Å². The number of nitrogens with zero attached hydrogens (tertiary/aromatic N) is 4. The minimum atomic E-state index is -0.277. The third-order valence-corrected chi connectivity index (χ3v) is 5.97. The van der Waals surface area contributed by atoms with Gasteiger partial charge in [0.2, 0.25) is 5.91 Å². The van der Waals surface area contributed by atoms with Crippen LogP contribution in [0.5, 0.6) is 0 Å². The van der Waals surface area contributed by atoms with Crippen LogP contribution >= 0.6 is 0 Å². The first kappa shape index (κ1) is 21.9. The van der Waals surface area contributed by atoms with Crippen LogP contribution in [-0.2, 0) is 11.2 Å². The van der Waals surface area contributed by atoms with E-state index in [1.54, 1.807) is 6.07 Å². The fourth-order valence-electron chi connectivity index (χ4n) is 4.19. The Morgan fingerprint density at radius 2 is 1.94 bits per heavy atom.